The summed E-state index contributed by atoms with van der Waals surface area (Å²) in [7, 11) is 0. The third-order valence-electron chi connectivity index (χ3n) is 11.3. The molecule has 0 N–H and O–H groups in total. The van der Waals surface area contributed by atoms with Gasteiger partial charge in [-0.1, -0.05) is 129 Å². The molecule has 0 unspecified atom stereocenters. The zero-order valence-electron chi connectivity index (χ0n) is 36.5. The van der Waals surface area contributed by atoms with Crippen LogP contribution >= 0.6 is 0 Å². The summed E-state index contributed by atoms with van der Waals surface area (Å²) in [4.78, 5) is 20.5. The van der Waals surface area contributed by atoms with Gasteiger partial charge in [0.05, 0.1) is 70.6 Å². The minimum Gasteiger partial charge on any atom is -0.490 e. The first-order valence-corrected chi connectivity index (χ1v) is 23.0. The van der Waals surface area contributed by atoms with E-state index in [2.05, 4.69) is 76.3 Å². The van der Waals surface area contributed by atoms with Crippen LogP contribution in [0.15, 0.2) is 48.5 Å². The van der Waals surface area contributed by atoms with Crippen molar-refractivity contribution in [3.8, 4) is 23.0 Å². The van der Waals surface area contributed by atoms with Crippen LogP contribution in [-0.4, -0.2) is 46.4 Å². The molecular weight excluding hydrogens is 745 g/mol. The van der Waals surface area contributed by atoms with E-state index >= 15 is 0 Å². The molecule has 1 aliphatic rings. The topological polar surface area (TPSA) is 88.5 Å². The maximum Gasteiger partial charge on any atom is 0.163 e. The van der Waals surface area contributed by atoms with Gasteiger partial charge in [-0.05, 0) is 70.8 Å². The lowest BCUT2D eigenvalue weighted by Gasteiger charge is -2.14. The lowest BCUT2D eigenvalue weighted by molar-refractivity contribution is 0.259. The second-order valence-corrected chi connectivity index (χ2v) is 16.3. The molecule has 0 fully saturated rings. The van der Waals surface area contributed by atoms with Crippen LogP contribution < -0.4 is 39.8 Å². The summed E-state index contributed by atoms with van der Waals surface area (Å²) in [6, 6.07) is 16.6. The van der Waals surface area contributed by atoms with Crippen molar-refractivity contribution in [3.05, 3.63) is 69.4 Å². The van der Waals surface area contributed by atoms with Crippen LogP contribution in [0.4, 0.5) is 0 Å². The average molecular weight is 809 g/mol. The van der Waals surface area contributed by atoms with Gasteiger partial charge < -0.3 is 18.9 Å². The zero-order valence-corrected chi connectivity index (χ0v) is 36.5. The molecule has 60 heavy (non-hydrogen) atoms. The van der Waals surface area contributed by atoms with E-state index in [1.807, 2.05) is 24.3 Å². The molecule has 6 aromatic rings. The van der Waals surface area contributed by atoms with Crippen molar-refractivity contribution in [2.75, 3.05) is 26.4 Å². The third-order valence-corrected chi connectivity index (χ3v) is 11.3. The number of hydrogen-bond donors (Lipinski definition) is 0. The third kappa shape index (κ3) is 11.1. The van der Waals surface area contributed by atoms with E-state index in [0.29, 0.717) is 26.4 Å². The number of benzene rings is 4. The molecule has 8 heteroatoms. The van der Waals surface area contributed by atoms with Crippen molar-refractivity contribution in [1.82, 2.24) is 19.9 Å². The highest BCUT2D eigenvalue weighted by molar-refractivity contribution is 5.91. The van der Waals surface area contributed by atoms with E-state index in [-0.39, 0.29) is 0 Å². The monoisotopic (exact) mass is 808 g/mol. The molecule has 0 amide bonds. The molecule has 0 saturated carbocycles. The maximum atomic E-state index is 6.32. The van der Waals surface area contributed by atoms with Crippen molar-refractivity contribution in [2.24, 2.45) is 0 Å². The summed E-state index contributed by atoms with van der Waals surface area (Å²) >= 11 is 0. The first-order chi connectivity index (χ1) is 29.6. The second-order valence-electron chi connectivity index (χ2n) is 16.3. The number of unbranched alkanes of at least 4 members (excludes halogenated alkanes) is 12. The van der Waals surface area contributed by atoms with E-state index in [9.17, 15) is 0 Å². The summed E-state index contributed by atoms with van der Waals surface area (Å²) in [5.41, 5.74) is 6.55. The number of rotatable bonds is 24. The van der Waals surface area contributed by atoms with Gasteiger partial charge in [0.1, 0.15) is 0 Å². The molecule has 0 spiro atoms. The summed E-state index contributed by atoms with van der Waals surface area (Å²) in [6.07, 6.45) is 27.0. The Kier molecular flexibility index (Phi) is 15.6. The van der Waals surface area contributed by atoms with Gasteiger partial charge in [0.15, 0.2) is 23.0 Å². The molecule has 0 aliphatic heterocycles. The Hall–Kier alpha value is -5.24. The molecule has 2 heterocycles. The van der Waals surface area contributed by atoms with Crippen LogP contribution in [-0.2, 0) is 0 Å². The Morgan fingerprint density at radius 1 is 0.283 bits per heavy atom. The minimum absolute atomic E-state index is 0.658. The molecule has 7 rings (SSSR count). The van der Waals surface area contributed by atoms with Gasteiger partial charge in [-0.15, -0.1) is 0 Å². The Bertz CT molecular complexity index is 2280. The molecule has 0 atom stereocenters. The van der Waals surface area contributed by atoms with Gasteiger partial charge in [-0.25, -0.2) is 19.9 Å². The molecule has 1 aliphatic carbocycles. The van der Waals surface area contributed by atoms with Crippen LogP contribution in [0.5, 0.6) is 23.0 Å². The van der Waals surface area contributed by atoms with Gasteiger partial charge in [0.25, 0.3) is 0 Å². The van der Waals surface area contributed by atoms with E-state index < -0.39 is 0 Å². The lowest BCUT2D eigenvalue weighted by Crippen LogP contribution is -2.30. The van der Waals surface area contributed by atoms with Gasteiger partial charge in [0, 0.05) is 24.3 Å². The highest BCUT2D eigenvalue weighted by Crippen LogP contribution is 2.34. The number of aromatic nitrogens is 4. The molecule has 4 aromatic carbocycles. The van der Waals surface area contributed by atoms with Crippen molar-refractivity contribution in [1.29, 1.82) is 0 Å². The fourth-order valence-corrected chi connectivity index (χ4v) is 7.76. The molecule has 0 saturated heterocycles. The molecule has 8 nitrogen and oxygen atoms in total. The summed E-state index contributed by atoms with van der Waals surface area (Å²) < 4.78 is 25.3. The van der Waals surface area contributed by atoms with Gasteiger partial charge in [-0.3, -0.25) is 0 Å². The molecule has 0 radical (unpaired) electrons. The SMILES string of the molecule is CCCCCCOc1cc2nc3cc4/c(cc3nc2cc1OCCCCCC)=C\C=c1\cc2nc3cc(OCCCCCC)c(OCCCCCC)cc3nc2c\c1=C\C=4. The average Bonchev–Trinajstić information content (AvgIpc) is 3.25. The zero-order chi connectivity index (χ0) is 41.5. The van der Waals surface area contributed by atoms with E-state index in [1.54, 1.807) is 0 Å². The first kappa shape index (κ1) is 42.9. The Morgan fingerprint density at radius 2 is 0.500 bits per heavy atom. The normalized spacial score (nSPS) is 14.5. The standard InChI is InChI=1S/C52H64N4O4/c1-5-9-13-17-25-57-49-33-45-46(34-50(49)58-26-18-14-10-6-2)54-42-30-38-23-24-40-32-44-43(31-39(40)22-21-37(38)29-41(42)53-45)55-47-35-51(59-27-19-15-11-7-3)52(36-48(47)56-44)60-28-20-16-12-8-4/h21-24,29-36H,5-20,25-28H2,1-4H3/b22-21?,24-23?,37-21-,38-23-,39-22-,40-24-. The Morgan fingerprint density at radius 3 is 0.717 bits per heavy atom. The highest BCUT2D eigenvalue weighted by Gasteiger charge is 2.14. The number of ether oxygens (including phenoxy) is 4. The van der Waals surface area contributed by atoms with Gasteiger partial charge >= 0.3 is 0 Å². The van der Waals surface area contributed by atoms with Crippen molar-refractivity contribution in [3.63, 3.8) is 0 Å². The molecule has 0 bridgehead atoms. The smallest absolute Gasteiger partial charge is 0.163 e. The van der Waals surface area contributed by atoms with Crippen LogP contribution in [0.1, 0.15) is 130 Å². The van der Waals surface area contributed by atoms with Gasteiger partial charge in [-0.2, -0.15) is 0 Å². The van der Waals surface area contributed by atoms with E-state index in [4.69, 9.17) is 38.9 Å². The predicted molar refractivity (Wildman–Crippen MR) is 249 cm³/mol. The summed E-state index contributed by atoms with van der Waals surface area (Å²) in [6.45, 7) is 11.5. The Labute approximate surface area is 355 Å². The molecular formula is C52H64N4O4. The fourth-order valence-electron chi connectivity index (χ4n) is 7.76. The van der Waals surface area contributed by atoms with Crippen LogP contribution in [0.3, 0.4) is 0 Å². The fraction of sp³-hybridized carbons (Fsp3) is 0.462. The van der Waals surface area contributed by atoms with Crippen molar-refractivity contribution < 1.29 is 18.9 Å². The molecule has 316 valence electrons. The Balaban J connectivity index is 1.21. The number of fused-ring (bicyclic) bond motifs is 6. The largest absolute Gasteiger partial charge is 0.490 e. The quantitative estimate of drug-likeness (QED) is 0.0441. The number of nitrogens with zero attached hydrogens (tertiary/aromatic N) is 4. The predicted octanol–water partition coefficient (Wildman–Crippen LogP) is 10.6. The van der Waals surface area contributed by atoms with Crippen LogP contribution in [0, 0.1) is 0 Å². The number of hydrogen-bond acceptors (Lipinski definition) is 8. The van der Waals surface area contributed by atoms with E-state index in [1.165, 1.54) is 51.4 Å². The van der Waals surface area contributed by atoms with Crippen molar-refractivity contribution in [2.45, 2.75) is 130 Å². The van der Waals surface area contributed by atoms with Gasteiger partial charge in [0.2, 0.25) is 0 Å². The van der Waals surface area contributed by atoms with Crippen molar-refractivity contribution >= 4 is 68.4 Å². The molecule has 2 aromatic heterocycles. The summed E-state index contributed by atoms with van der Waals surface area (Å²) in [5.74, 6) is 2.98. The summed E-state index contributed by atoms with van der Waals surface area (Å²) in [5, 5.41) is 4.30. The maximum absolute atomic E-state index is 6.32. The minimum atomic E-state index is 0.658. The van der Waals surface area contributed by atoms with E-state index in [0.717, 1.165) is 139 Å². The second kappa shape index (κ2) is 21.8. The van der Waals surface area contributed by atoms with Crippen LogP contribution in [0.2, 0.25) is 0 Å². The van der Waals surface area contributed by atoms with Crippen LogP contribution in [0.25, 0.3) is 68.4 Å². The first-order valence-electron chi connectivity index (χ1n) is 23.0. The highest BCUT2D eigenvalue weighted by atomic mass is 16.5. The lowest BCUT2D eigenvalue weighted by atomic mass is 10.1.